The van der Waals surface area contributed by atoms with Crippen molar-refractivity contribution in [2.45, 2.75) is 26.7 Å². The van der Waals surface area contributed by atoms with Crippen LogP contribution in [0.25, 0.3) is 10.9 Å². The quantitative estimate of drug-likeness (QED) is 0.826. The van der Waals surface area contributed by atoms with Gasteiger partial charge < -0.3 is 0 Å². The highest BCUT2D eigenvalue weighted by Crippen LogP contribution is 2.08. The van der Waals surface area contributed by atoms with Gasteiger partial charge in [-0.3, -0.25) is 14.4 Å². The number of nitrogens with zero attached hydrogens (tertiary/aromatic N) is 2. The molecule has 0 aliphatic heterocycles. The Hall–Kier alpha value is -2.50. The van der Waals surface area contributed by atoms with Crippen LogP contribution in [0.3, 0.4) is 0 Å². The van der Waals surface area contributed by atoms with Crippen molar-refractivity contribution in [3.63, 3.8) is 0 Å². The molecule has 104 valence electrons. The van der Waals surface area contributed by atoms with Crippen molar-refractivity contribution >= 4 is 22.7 Å². The van der Waals surface area contributed by atoms with E-state index in [4.69, 9.17) is 0 Å². The van der Waals surface area contributed by atoms with Crippen molar-refractivity contribution in [3.8, 4) is 0 Å². The molecule has 0 spiro atoms. The Kier molecular flexibility index (Phi) is 3.65. The van der Waals surface area contributed by atoms with Crippen LogP contribution in [0.15, 0.2) is 33.9 Å². The van der Waals surface area contributed by atoms with Crippen LogP contribution in [0.1, 0.15) is 36.3 Å². The fourth-order valence-electron chi connectivity index (χ4n) is 2.04. The van der Waals surface area contributed by atoms with Gasteiger partial charge in [0.05, 0.1) is 10.9 Å². The summed E-state index contributed by atoms with van der Waals surface area (Å²) in [6.45, 7) is 3.16. The summed E-state index contributed by atoms with van der Waals surface area (Å²) in [4.78, 5) is 48.3. The average Bonchev–Trinajstić information content (AvgIpc) is 2.46. The lowest BCUT2D eigenvalue weighted by molar-refractivity contribution is 0.0883. The van der Waals surface area contributed by atoms with Crippen molar-refractivity contribution in [3.05, 3.63) is 45.1 Å². The molecule has 0 unspecified atom stereocenters. The van der Waals surface area contributed by atoms with E-state index in [-0.39, 0.29) is 23.7 Å². The molecule has 0 atom stereocenters. The van der Waals surface area contributed by atoms with E-state index in [1.54, 1.807) is 26.0 Å². The predicted molar refractivity (Wildman–Crippen MR) is 74.3 cm³/mol. The molecule has 0 bridgehead atoms. The van der Waals surface area contributed by atoms with Gasteiger partial charge in [-0.15, -0.1) is 0 Å². The van der Waals surface area contributed by atoms with Crippen LogP contribution in [0, 0.1) is 0 Å². The van der Waals surface area contributed by atoms with Crippen LogP contribution < -0.4 is 11.2 Å². The minimum absolute atomic E-state index is 0.00774. The summed E-state index contributed by atoms with van der Waals surface area (Å²) in [5, 5.41) is 0.177. The predicted octanol–water partition coefficient (Wildman–Crippen LogP) is 1.26. The van der Waals surface area contributed by atoms with Crippen LogP contribution in [0.4, 0.5) is 0 Å². The number of hydrogen-bond donors (Lipinski definition) is 0. The number of carbonyl (C=O) groups excluding carboxylic acids is 2. The highest BCUT2D eigenvalue weighted by molar-refractivity contribution is 5.92. The number of para-hydroxylation sites is 1. The minimum Gasteiger partial charge on any atom is -0.274 e. The third-order valence-corrected chi connectivity index (χ3v) is 3.06. The third-order valence-electron chi connectivity index (χ3n) is 3.06. The van der Waals surface area contributed by atoms with E-state index < -0.39 is 23.1 Å². The molecule has 20 heavy (non-hydrogen) atoms. The van der Waals surface area contributed by atoms with Gasteiger partial charge in [-0.1, -0.05) is 26.0 Å². The second kappa shape index (κ2) is 5.24. The first-order chi connectivity index (χ1) is 9.52. The molecule has 1 heterocycles. The summed E-state index contributed by atoms with van der Waals surface area (Å²) < 4.78 is 1.43. The van der Waals surface area contributed by atoms with Gasteiger partial charge in [-0.05, 0) is 12.1 Å². The highest BCUT2D eigenvalue weighted by Gasteiger charge is 2.19. The van der Waals surface area contributed by atoms with E-state index in [1.807, 2.05) is 0 Å². The van der Waals surface area contributed by atoms with Crippen molar-refractivity contribution in [1.29, 1.82) is 0 Å². The standard InChI is InChI=1S/C14H14N2O4/c1-3-11(17)15-10-8-6-5-7-9(10)13(19)16(14(15)20)12(18)4-2/h5-8H,3-4H2,1-2H3. The summed E-state index contributed by atoms with van der Waals surface area (Å²) in [5.74, 6) is -1.08. The lowest BCUT2D eigenvalue weighted by Gasteiger charge is -2.10. The SMILES string of the molecule is CCC(=O)n1c(=O)c2ccccc2n(C(=O)CC)c1=O. The highest BCUT2D eigenvalue weighted by atomic mass is 16.2. The molecule has 0 radical (unpaired) electrons. The second-order valence-electron chi connectivity index (χ2n) is 4.27. The number of benzene rings is 1. The van der Waals surface area contributed by atoms with Crippen LogP contribution in [-0.4, -0.2) is 20.9 Å². The number of fused-ring (bicyclic) bond motifs is 1. The number of rotatable bonds is 2. The van der Waals surface area contributed by atoms with E-state index in [9.17, 15) is 19.2 Å². The topological polar surface area (TPSA) is 78.1 Å². The van der Waals surface area contributed by atoms with Gasteiger partial charge >= 0.3 is 5.69 Å². The zero-order valence-corrected chi connectivity index (χ0v) is 11.3. The number of carbonyl (C=O) groups is 2. The van der Waals surface area contributed by atoms with Crippen molar-refractivity contribution in [2.24, 2.45) is 0 Å². The first kappa shape index (κ1) is 13.9. The van der Waals surface area contributed by atoms with Gasteiger partial charge in [-0.25, -0.2) is 9.36 Å². The molecule has 0 fully saturated rings. The maximum Gasteiger partial charge on any atom is 0.345 e. The van der Waals surface area contributed by atoms with Gasteiger partial charge in [0.1, 0.15) is 0 Å². The molecule has 0 aliphatic carbocycles. The zero-order chi connectivity index (χ0) is 14.9. The molecule has 0 saturated heterocycles. The van der Waals surface area contributed by atoms with E-state index in [1.165, 1.54) is 12.1 Å². The van der Waals surface area contributed by atoms with Crippen LogP contribution in [0.5, 0.6) is 0 Å². The monoisotopic (exact) mass is 274 g/mol. The zero-order valence-electron chi connectivity index (χ0n) is 11.3. The normalized spacial score (nSPS) is 10.7. The summed E-state index contributed by atoms with van der Waals surface area (Å²) >= 11 is 0. The molecule has 6 heteroatoms. The van der Waals surface area contributed by atoms with E-state index in [0.717, 1.165) is 4.57 Å². The molecular weight excluding hydrogens is 260 g/mol. The number of hydrogen-bond acceptors (Lipinski definition) is 4. The minimum atomic E-state index is -0.896. The average molecular weight is 274 g/mol. The lowest BCUT2D eigenvalue weighted by atomic mass is 10.2. The lowest BCUT2D eigenvalue weighted by Crippen LogP contribution is -2.45. The Balaban J connectivity index is 3.05. The first-order valence-electron chi connectivity index (χ1n) is 6.36. The van der Waals surface area contributed by atoms with Gasteiger partial charge in [0, 0.05) is 12.8 Å². The first-order valence-corrected chi connectivity index (χ1v) is 6.36. The molecule has 0 N–H and O–H groups in total. The summed E-state index contributed by atoms with van der Waals surface area (Å²) in [5.41, 5.74) is -1.35. The molecule has 2 rings (SSSR count). The van der Waals surface area contributed by atoms with Gasteiger partial charge in [0.15, 0.2) is 0 Å². The van der Waals surface area contributed by atoms with Crippen molar-refractivity contribution in [2.75, 3.05) is 0 Å². The molecule has 1 aromatic carbocycles. The third kappa shape index (κ3) is 1.99. The second-order valence-corrected chi connectivity index (χ2v) is 4.27. The summed E-state index contributed by atoms with van der Waals surface area (Å²) in [7, 11) is 0. The molecule has 0 aliphatic rings. The fraction of sp³-hybridized carbons (Fsp3) is 0.286. The van der Waals surface area contributed by atoms with Crippen LogP contribution in [-0.2, 0) is 0 Å². The Morgan fingerprint density at radius 2 is 1.50 bits per heavy atom. The smallest absolute Gasteiger partial charge is 0.274 e. The molecule has 6 nitrogen and oxygen atoms in total. The molecule has 0 saturated carbocycles. The molecule has 2 aromatic rings. The molecule has 0 amide bonds. The maximum atomic E-state index is 12.3. The van der Waals surface area contributed by atoms with Crippen molar-refractivity contribution < 1.29 is 9.59 Å². The number of aromatic nitrogens is 2. The molecular formula is C14H14N2O4. The van der Waals surface area contributed by atoms with Gasteiger partial charge in [0.2, 0.25) is 11.8 Å². The fourth-order valence-corrected chi connectivity index (χ4v) is 2.04. The Morgan fingerprint density at radius 1 is 0.950 bits per heavy atom. The van der Waals surface area contributed by atoms with Crippen LogP contribution in [0.2, 0.25) is 0 Å². The van der Waals surface area contributed by atoms with E-state index in [2.05, 4.69) is 0 Å². The largest absolute Gasteiger partial charge is 0.345 e. The van der Waals surface area contributed by atoms with Gasteiger partial charge in [0.25, 0.3) is 5.56 Å². The molecule has 1 aromatic heterocycles. The van der Waals surface area contributed by atoms with Crippen LogP contribution >= 0.6 is 0 Å². The van der Waals surface area contributed by atoms with E-state index >= 15 is 0 Å². The van der Waals surface area contributed by atoms with E-state index in [0.29, 0.717) is 4.57 Å². The summed E-state index contributed by atoms with van der Waals surface area (Å²) in [6, 6.07) is 6.27. The van der Waals surface area contributed by atoms with Crippen molar-refractivity contribution in [1.82, 2.24) is 9.13 Å². The van der Waals surface area contributed by atoms with Gasteiger partial charge in [-0.2, -0.15) is 4.57 Å². The Morgan fingerprint density at radius 3 is 2.10 bits per heavy atom. The Labute approximate surface area is 114 Å². The maximum absolute atomic E-state index is 12.3. The Bertz CT molecular complexity index is 814. The summed E-state index contributed by atoms with van der Waals surface area (Å²) in [6.07, 6.45) is 0.107.